The van der Waals surface area contributed by atoms with Gasteiger partial charge in [0.2, 0.25) is 0 Å². The van der Waals surface area contributed by atoms with Gasteiger partial charge in [-0.15, -0.1) is 0 Å². The molecule has 0 saturated heterocycles. The normalized spacial score (nSPS) is 18.5. The Labute approximate surface area is 92.5 Å². The molecule has 1 unspecified atom stereocenters. The van der Waals surface area contributed by atoms with E-state index >= 15 is 0 Å². The van der Waals surface area contributed by atoms with Crippen LogP contribution in [0, 0.1) is 0 Å². The second-order valence-corrected chi connectivity index (χ2v) is 4.23. The average molecular weight is 229 g/mol. The predicted octanol–water partition coefficient (Wildman–Crippen LogP) is 3.17. The molecule has 1 saturated carbocycles. The van der Waals surface area contributed by atoms with E-state index in [0.717, 1.165) is 18.4 Å². The van der Waals surface area contributed by atoms with Crippen molar-refractivity contribution in [2.75, 3.05) is 6.54 Å². The smallest absolute Gasteiger partial charge is 0.330 e. The summed E-state index contributed by atoms with van der Waals surface area (Å²) in [6, 6.07) is 6.79. The highest BCUT2D eigenvalue weighted by atomic mass is 19.4. The van der Waals surface area contributed by atoms with E-state index in [4.69, 9.17) is 5.73 Å². The van der Waals surface area contributed by atoms with Crippen LogP contribution >= 0.6 is 0 Å². The van der Waals surface area contributed by atoms with Crippen LogP contribution in [0.25, 0.3) is 0 Å². The Hall–Kier alpha value is -1.03. The first kappa shape index (κ1) is 11.5. The third-order valence-electron chi connectivity index (χ3n) is 3.02. The first-order valence-corrected chi connectivity index (χ1v) is 5.39. The van der Waals surface area contributed by atoms with Gasteiger partial charge in [0.15, 0.2) is 0 Å². The minimum Gasteiger partial charge on any atom is -0.330 e. The van der Waals surface area contributed by atoms with Crippen LogP contribution in [0.5, 0.6) is 0 Å². The van der Waals surface area contributed by atoms with Crippen molar-refractivity contribution in [1.29, 1.82) is 0 Å². The maximum Gasteiger partial charge on any atom is 0.396 e. The highest BCUT2D eigenvalue weighted by Gasteiger charge is 2.42. The first-order valence-electron chi connectivity index (χ1n) is 5.39. The molecule has 1 aromatic carbocycles. The Morgan fingerprint density at radius 1 is 1.25 bits per heavy atom. The van der Waals surface area contributed by atoms with Gasteiger partial charge in [-0.25, -0.2) is 0 Å². The van der Waals surface area contributed by atoms with Gasteiger partial charge in [-0.3, -0.25) is 0 Å². The molecule has 1 fully saturated rings. The molecule has 0 aromatic heterocycles. The number of benzene rings is 1. The lowest BCUT2D eigenvalue weighted by Crippen LogP contribution is -2.28. The van der Waals surface area contributed by atoms with Crippen LogP contribution < -0.4 is 5.73 Å². The molecule has 1 atom stereocenters. The molecule has 0 spiro atoms. The van der Waals surface area contributed by atoms with Gasteiger partial charge in [0.1, 0.15) is 0 Å². The molecule has 0 bridgehead atoms. The van der Waals surface area contributed by atoms with Gasteiger partial charge < -0.3 is 5.73 Å². The van der Waals surface area contributed by atoms with Crippen molar-refractivity contribution in [3.63, 3.8) is 0 Å². The molecule has 16 heavy (non-hydrogen) atoms. The molecule has 2 rings (SSSR count). The Kier molecular flexibility index (Phi) is 2.93. The topological polar surface area (TPSA) is 26.0 Å². The number of alkyl halides is 3. The summed E-state index contributed by atoms with van der Waals surface area (Å²) in [6.07, 6.45) is -2.27. The molecule has 0 amide bonds. The zero-order valence-electron chi connectivity index (χ0n) is 8.80. The number of hydrogen-bond donors (Lipinski definition) is 1. The Morgan fingerprint density at radius 3 is 2.38 bits per heavy atom. The molecule has 1 aliphatic carbocycles. The number of rotatable bonds is 3. The van der Waals surface area contributed by atoms with Crippen LogP contribution in [0.1, 0.15) is 35.8 Å². The van der Waals surface area contributed by atoms with Crippen LogP contribution in [-0.2, 0) is 0 Å². The van der Waals surface area contributed by atoms with E-state index in [1.54, 1.807) is 24.3 Å². The fraction of sp³-hybridized carbons (Fsp3) is 0.500. The van der Waals surface area contributed by atoms with E-state index in [0.29, 0.717) is 11.5 Å². The van der Waals surface area contributed by atoms with Gasteiger partial charge in [0, 0.05) is 6.54 Å². The van der Waals surface area contributed by atoms with Crippen molar-refractivity contribution in [3.8, 4) is 0 Å². The molecule has 0 radical (unpaired) electrons. The zero-order valence-corrected chi connectivity index (χ0v) is 8.80. The maximum absolute atomic E-state index is 12.8. The molecule has 1 nitrogen and oxygen atoms in total. The highest BCUT2D eigenvalue weighted by Crippen LogP contribution is 2.45. The van der Waals surface area contributed by atoms with Crippen LogP contribution in [0.4, 0.5) is 13.2 Å². The molecular weight excluding hydrogens is 215 g/mol. The first-order chi connectivity index (χ1) is 7.54. The highest BCUT2D eigenvalue weighted by molar-refractivity contribution is 5.36. The standard InChI is InChI=1S/C12H14F3N/c13-12(14,15)11(7-16)10-4-2-1-3-9(10)8-5-6-8/h1-4,8,11H,5-7,16H2. The molecule has 1 aliphatic rings. The van der Waals surface area contributed by atoms with Crippen molar-refractivity contribution in [2.45, 2.75) is 30.9 Å². The van der Waals surface area contributed by atoms with Crippen LogP contribution in [0.15, 0.2) is 24.3 Å². The lowest BCUT2D eigenvalue weighted by atomic mass is 9.91. The Balaban J connectivity index is 2.37. The summed E-state index contributed by atoms with van der Waals surface area (Å²) in [7, 11) is 0. The molecule has 88 valence electrons. The van der Waals surface area contributed by atoms with Crippen molar-refractivity contribution in [1.82, 2.24) is 0 Å². The molecule has 0 aliphatic heterocycles. The van der Waals surface area contributed by atoms with Gasteiger partial charge in [-0.2, -0.15) is 13.2 Å². The third-order valence-corrected chi connectivity index (χ3v) is 3.02. The second-order valence-electron chi connectivity index (χ2n) is 4.23. The van der Waals surface area contributed by atoms with E-state index in [1.807, 2.05) is 0 Å². The fourth-order valence-electron chi connectivity index (χ4n) is 2.03. The lowest BCUT2D eigenvalue weighted by Gasteiger charge is -2.21. The second kappa shape index (κ2) is 4.09. The van der Waals surface area contributed by atoms with E-state index in [2.05, 4.69) is 0 Å². The largest absolute Gasteiger partial charge is 0.396 e. The zero-order chi connectivity index (χ0) is 11.8. The molecule has 1 aromatic rings. The monoisotopic (exact) mass is 229 g/mol. The maximum atomic E-state index is 12.8. The van der Waals surface area contributed by atoms with Crippen LogP contribution in [0.3, 0.4) is 0 Å². The summed E-state index contributed by atoms with van der Waals surface area (Å²) in [5.74, 6) is -1.21. The predicted molar refractivity (Wildman–Crippen MR) is 56.3 cm³/mol. The SMILES string of the molecule is NCC(c1ccccc1C1CC1)C(F)(F)F. The Morgan fingerprint density at radius 2 is 1.88 bits per heavy atom. The van der Waals surface area contributed by atoms with Crippen molar-refractivity contribution in [2.24, 2.45) is 5.73 Å². The molecule has 4 heteroatoms. The average Bonchev–Trinajstić information content (AvgIpc) is 3.01. The minimum atomic E-state index is -4.25. The fourth-order valence-corrected chi connectivity index (χ4v) is 2.03. The summed E-state index contributed by atoms with van der Waals surface area (Å²) in [5, 5.41) is 0. The quantitative estimate of drug-likeness (QED) is 0.846. The van der Waals surface area contributed by atoms with Gasteiger partial charge >= 0.3 is 6.18 Å². The summed E-state index contributed by atoms with van der Waals surface area (Å²) < 4.78 is 38.4. The summed E-state index contributed by atoms with van der Waals surface area (Å²) in [6.45, 7) is -0.382. The number of halogens is 3. The third kappa shape index (κ3) is 2.21. The molecular formula is C12H14F3N. The van der Waals surface area contributed by atoms with Gasteiger partial charge in [-0.1, -0.05) is 24.3 Å². The number of hydrogen-bond acceptors (Lipinski definition) is 1. The van der Waals surface area contributed by atoms with Gasteiger partial charge in [-0.05, 0) is 29.9 Å². The van der Waals surface area contributed by atoms with Crippen LogP contribution in [0.2, 0.25) is 0 Å². The van der Waals surface area contributed by atoms with E-state index in [9.17, 15) is 13.2 Å². The Bertz CT molecular complexity index is 369. The van der Waals surface area contributed by atoms with E-state index in [-0.39, 0.29) is 6.54 Å². The van der Waals surface area contributed by atoms with Gasteiger partial charge in [0.05, 0.1) is 5.92 Å². The summed E-state index contributed by atoms with van der Waals surface area (Å²) in [4.78, 5) is 0. The minimum absolute atomic E-state index is 0.313. The van der Waals surface area contributed by atoms with Crippen molar-refractivity contribution < 1.29 is 13.2 Å². The van der Waals surface area contributed by atoms with E-state index < -0.39 is 12.1 Å². The number of nitrogens with two attached hydrogens (primary N) is 1. The molecule has 0 heterocycles. The summed E-state index contributed by atoms with van der Waals surface area (Å²) in [5.41, 5.74) is 6.45. The van der Waals surface area contributed by atoms with Gasteiger partial charge in [0.25, 0.3) is 0 Å². The summed E-state index contributed by atoms with van der Waals surface area (Å²) >= 11 is 0. The van der Waals surface area contributed by atoms with Crippen molar-refractivity contribution >= 4 is 0 Å². The lowest BCUT2D eigenvalue weighted by molar-refractivity contribution is -0.148. The van der Waals surface area contributed by atoms with Crippen LogP contribution in [-0.4, -0.2) is 12.7 Å². The molecule has 2 N–H and O–H groups in total. The van der Waals surface area contributed by atoms with Crippen molar-refractivity contribution in [3.05, 3.63) is 35.4 Å². The van der Waals surface area contributed by atoms with E-state index in [1.165, 1.54) is 0 Å².